The van der Waals surface area contributed by atoms with Crippen molar-refractivity contribution in [2.75, 3.05) is 0 Å². The van der Waals surface area contributed by atoms with E-state index < -0.39 is 5.97 Å². The molecule has 1 atom stereocenters. The topological polar surface area (TPSA) is 63.3 Å². The molecule has 0 spiro atoms. The summed E-state index contributed by atoms with van der Waals surface area (Å²) in [6, 6.07) is 0.0554. The Balaban J connectivity index is 2.60. The maximum atomic E-state index is 10.7. The van der Waals surface area contributed by atoms with Gasteiger partial charge in [-0.25, -0.2) is 0 Å². The van der Waals surface area contributed by atoms with Crippen molar-refractivity contribution in [3.63, 3.8) is 0 Å². The first-order chi connectivity index (χ1) is 6.00. The van der Waals surface area contributed by atoms with Crippen molar-refractivity contribution in [3.8, 4) is 0 Å². The van der Waals surface area contributed by atoms with E-state index in [9.17, 15) is 4.79 Å². The Kier molecular flexibility index (Phi) is 2.96. The van der Waals surface area contributed by atoms with Gasteiger partial charge in [0.05, 0.1) is 6.42 Å². The molecular formula is C10H19NO2. The average molecular weight is 185 g/mol. The second-order valence-corrected chi connectivity index (χ2v) is 4.46. The molecule has 3 heteroatoms. The molecule has 1 unspecified atom stereocenters. The number of hydrogen-bond acceptors (Lipinski definition) is 2. The van der Waals surface area contributed by atoms with Gasteiger partial charge in [0, 0.05) is 6.04 Å². The normalized spacial score (nSPS) is 35.2. The quantitative estimate of drug-likeness (QED) is 0.699. The molecule has 0 aromatic rings. The molecule has 0 aromatic carbocycles. The SMILES string of the molecule is CCC(N)C1(CC(=O)O)CC(C)C1. The lowest BCUT2D eigenvalue weighted by Crippen LogP contribution is -2.51. The van der Waals surface area contributed by atoms with Gasteiger partial charge in [-0.05, 0) is 30.6 Å². The van der Waals surface area contributed by atoms with Crippen LogP contribution >= 0.6 is 0 Å². The van der Waals surface area contributed by atoms with E-state index in [0.29, 0.717) is 5.92 Å². The van der Waals surface area contributed by atoms with Gasteiger partial charge in [0.25, 0.3) is 0 Å². The van der Waals surface area contributed by atoms with Crippen molar-refractivity contribution in [2.24, 2.45) is 17.1 Å². The van der Waals surface area contributed by atoms with Crippen molar-refractivity contribution in [2.45, 2.75) is 45.6 Å². The molecule has 1 rings (SSSR count). The molecule has 13 heavy (non-hydrogen) atoms. The summed E-state index contributed by atoms with van der Waals surface area (Å²) in [4.78, 5) is 10.7. The predicted octanol–water partition coefficient (Wildman–Crippen LogP) is 1.61. The molecule has 0 radical (unpaired) electrons. The maximum Gasteiger partial charge on any atom is 0.303 e. The van der Waals surface area contributed by atoms with Gasteiger partial charge in [0.1, 0.15) is 0 Å². The minimum atomic E-state index is -0.712. The van der Waals surface area contributed by atoms with Gasteiger partial charge < -0.3 is 10.8 Å². The smallest absolute Gasteiger partial charge is 0.303 e. The Hall–Kier alpha value is -0.570. The zero-order valence-electron chi connectivity index (χ0n) is 8.42. The lowest BCUT2D eigenvalue weighted by atomic mass is 9.57. The Morgan fingerprint density at radius 3 is 2.54 bits per heavy atom. The molecule has 0 heterocycles. The van der Waals surface area contributed by atoms with Crippen LogP contribution in [0, 0.1) is 11.3 Å². The van der Waals surface area contributed by atoms with Crippen LogP contribution in [0.25, 0.3) is 0 Å². The van der Waals surface area contributed by atoms with Crippen molar-refractivity contribution in [1.82, 2.24) is 0 Å². The molecule has 76 valence electrons. The first-order valence-corrected chi connectivity index (χ1v) is 4.97. The molecule has 0 aliphatic heterocycles. The van der Waals surface area contributed by atoms with E-state index in [4.69, 9.17) is 10.8 Å². The van der Waals surface area contributed by atoms with Gasteiger partial charge in [-0.1, -0.05) is 13.8 Å². The molecule has 0 aromatic heterocycles. The van der Waals surface area contributed by atoms with Gasteiger partial charge in [-0.15, -0.1) is 0 Å². The summed E-state index contributed by atoms with van der Waals surface area (Å²) < 4.78 is 0. The van der Waals surface area contributed by atoms with Crippen LogP contribution in [0.5, 0.6) is 0 Å². The minimum absolute atomic E-state index is 0.0554. The fraction of sp³-hybridized carbons (Fsp3) is 0.900. The highest BCUT2D eigenvalue weighted by molar-refractivity contribution is 5.68. The van der Waals surface area contributed by atoms with Crippen LogP contribution in [0.15, 0.2) is 0 Å². The molecule has 1 aliphatic carbocycles. The van der Waals surface area contributed by atoms with Crippen molar-refractivity contribution in [3.05, 3.63) is 0 Å². The molecule has 0 saturated heterocycles. The third-order valence-corrected chi connectivity index (χ3v) is 3.24. The van der Waals surface area contributed by atoms with E-state index in [-0.39, 0.29) is 17.9 Å². The molecular weight excluding hydrogens is 166 g/mol. The van der Waals surface area contributed by atoms with Crippen LogP contribution in [0.4, 0.5) is 0 Å². The molecule has 3 N–H and O–H groups in total. The highest BCUT2D eigenvalue weighted by atomic mass is 16.4. The maximum absolute atomic E-state index is 10.7. The monoisotopic (exact) mass is 185 g/mol. The summed E-state index contributed by atoms with van der Waals surface area (Å²) in [6.07, 6.45) is 3.08. The van der Waals surface area contributed by atoms with Gasteiger partial charge in [0.15, 0.2) is 0 Å². The van der Waals surface area contributed by atoms with Crippen molar-refractivity contribution in [1.29, 1.82) is 0 Å². The molecule has 1 saturated carbocycles. The summed E-state index contributed by atoms with van der Waals surface area (Å²) in [6.45, 7) is 4.18. The van der Waals surface area contributed by atoms with Crippen LogP contribution in [0.2, 0.25) is 0 Å². The van der Waals surface area contributed by atoms with Crippen LogP contribution in [0.1, 0.15) is 39.5 Å². The summed E-state index contributed by atoms with van der Waals surface area (Å²) in [5.74, 6) is -0.0623. The Morgan fingerprint density at radius 2 is 2.23 bits per heavy atom. The van der Waals surface area contributed by atoms with Crippen molar-refractivity contribution < 1.29 is 9.90 Å². The van der Waals surface area contributed by atoms with E-state index in [2.05, 4.69) is 6.92 Å². The fourth-order valence-electron chi connectivity index (χ4n) is 2.64. The molecule has 3 nitrogen and oxygen atoms in total. The molecule has 0 amide bonds. The Bertz CT molecular complexity index is 197. The van der Waals surface area contributed by atoms with E-state index in [1.165, 1.54) is 0 Å². The third kappa shape index (κ3) is 2.02. The first kappa shape index (κ1) is 10.5. The number of carboxylic acids is 1. The summed E-state index contributed by atoms with van der Waals surface area (Å²) in [7, 11) is 0. The number of aliphatic carboxylic acids is 1. The molecule has 1 fully saturated rings. The summed E-state index contributed by atoms with van der Waals surface area (Å²) in [5, 5.41) is 8.79. The Morgan fingerprint density at radius 1 is 1.69 bits per heavy atom. The summed E-state index contributed by atoms with van der Waals surface area (Å²) >= 11 is 0. The van der Waals surface area contributed by atoms with Gasteiger partial charge in [-0.2, -0.15) is 0 Å². The fourth-order valence-corrected chi connectivity index (χ4v) is 2.64. The van der Waals surface area contributed by atoms with Crippen LogP contribution in [0.3, 0.4) is 0 Å². The second kappa shape index (κ2) is 3.66. The second-order valence-electron chi connectivity index (χ2n) is 4.46. The zero-order chi connectivity index (χ0) is 10.1. The van der Waals surface area contributed by atoms with Crippen LogP contribution in [-0.4, -0.2) is 17.1 Å². The number of carboxylic acid groups (broad SMARTS) is 1. The predicted molar refractivity (Wildman–Crippen MR) is 51.4 cm³/mol. The highest BCUT2D eigenvalue weighted by Gasteiger charge is 2.47. The zero-order valence-corrected chi connectivity index (χ0v) is 8.42. The largest absolute Gasteiger partial charge is 0.481 e. The van der Waals surface area contributed by atoms with Gasteiger partial charge in [0.2, 0.25) is 0 Å². The summed E-state index contributed by atoms with van der Waals surface area (Å²) in [5.41, 5.74) is 5.86. The van der Waals surface area contributed by atoms with E-state index in [1.807, 2.05) is 6.92 Å². The number of hydrogen-bond donors (Lipinski definition) is 2. The lowest BCUT2D eigenvalue weighted by Gasteiger charge is -2.49. The van der Waals surface area contributed by atoms with Gasteiger partial charge >= 0.3 is 5.97 Å². The first-order valence-electron chi connectivity index (χ1n) is 4.97. The van der Waals surface area contributed by atoms with E-state index >= 15 is 0 Å². The van der Waals surface area contributed by atoms with Crippen LogP contribution in [-0.2, 0) is 4.79 Å². The highest BCUT2D eigenvalue weighted by Crippen LogP contribution is 2.50. The number of rotatable bonds is 4. The van der Waals surface area contributed by atoms with Gasteiger partial charge in [-0.3, -0.25) is 4.79 Å². The average Bonchev–Trinajstić information content (AvgIpc) is 1.98. The molecule has 0 bridgehead atoms. The standard InChI is InChI=1S/C10H19NO2/c1-3-8(11)10(6-9(12)13)4-7(2)5-10/h7-8H,3-6,11H2,1-2H3,(H,12,13). The minimum Gasteiger partial charge on any atom is -0.481 e. The number of nitrogens with two attached hydrogens (primary N) is 1. The van der Waals surface area contributed by atoms with E-state index in [1.54, 1.807) is 0 Å². The Labute approximate surface area is 79.3 Å². The van der Waals surface area contributed by atoms with E-state index in [0.717, 1.165) is 19.3 Å². The third-order valence-electron chi connectivity index (χ3n) is 3.24. The van der Waals surface area contributed by atoms with Crippen molar-refractivity contribution >= 4 is 5.97 Å². The number of carbonyl (C=O) groups is 1. The molecule has 1 aliphatic rings. The lowest BCUT2D eigenvalue weighted by molar-refractivity contribution is -0.143. The van der Waals surface area contributed by atoms with Crippen LogP contribution < -0.4 is 5.73 Å².